The lowest BCUT2D eigenvalue weighted by Gasteiger charge is -2.20. The van der Waals surface area contributed by atoms with E-state index in [1.807, 2.05) is 30.3 Å². The van der Waals surface area contributed by atoms with Crippen LogP contribution in [0.4, 0.5) is 0 Å². The highest BCUT2D eigenvalue weighted by Gasteiger charge is 2.17. The second-order valence-electron chi connectivity index (χ2n) is 3.27. The third kappa shape index (κ3) is 4.22. The van der Waals surface area contributed by atoms with Crippen molar-refractivity contribution in [2.24, 2.45) is 5.73 Å². The van der Waals surface area contributed by atoms with Crippen molar-refractivity contribution in [2.75, 3.05) is 20.3 Å². The van der Waals surface area contributed by atoms with Crippen LogP contribution in [0.15, 0.2) is 35.2 Å². The van der Waals surface area contributed by atoms with E-state index in [2.05, 4.69) is 0 Å². The molecular weight excluding hydrogens is 210 g/mol. The molecule has 0 heterocycles. The van der Waals surface area contributed by atoms with Crippen LogP contribution < -0.4 is 5.73 Å². The lowest BCUT2D eigenvalue weighted by atomic mass is 10.2. The van der Waals surface area contributed by atoms with E-state index in [0.717, 1.165) is 4.90 Å². The van der Waals surface area contributed by atoms with Gasteiger partial charge in [0, 0.05) is 23.3 Å². The number of benzene rings is 1. The quantitative estimate of drug-likeness (QED) is 0.715. The fourth-order valence-electron chi connectivity index (χ4n) is 1.23. The van der Waals surface area contributed by atoms with E-state index in [9.17, 15) is 5.11 Å². The average molecular weight is 227 g/mol. The zero-order chi connectivity index (χ0) is 11.1. The Morgan fingerprint density at radius 1 is 1.40 bits per heavy atom. The standard InChI is InChI=1S/C11H17NO2S/c1-14-8-10(12)11(7-13)15-9-5-3-2-4-6-9/h2-6,10-11,13H,7-8,12H2,1H3. The summed E-state index contributed by atoms with van der Waals surface area (Å²) in [5.74, 6) is 0. The van der Waals surface area contributed by atoms with Crippen LogP contribution in [0.25, 0.3) is 0 Å². The van der Waals surface area contributed by atoms with Gasteiger partial charge < -0.3 is 15.6 Å². The number of methoxy groups -OCH3 is 1. The first-order valence-corrected chi connectivity index (χ1v) is 5.73. The summed E-state index contributed by atoms with van der Waals surface area (Å²) in [6, 6.07) is 9.77. The summed E-state index contributed by atoms with van der Waals surface area (Å²) in [6.45, 7) is 0.523. The maximum Gasteiger partial charge on any atom is 0.0625 e. The number of nitrogens with two attached hydrogens (primary N) is 1. The molecule has 0 aliphatic carbocycles. The van der Waals surface area contributed by atoms with Gasteiger partial charge >= 0.3 is 0 Å². The van der Waals surface area contributed by atoms with Crippen molar-refractivity contribution in [3.63, 3.8) is 0 Å². The lowest BCUT2D eigenvalue weighted by molar-refractivity contribution is 0.167. The van der Waals surface area contributed by atoms with Gasteiger partial charge in [-0.2, -0.15) is 0 Å². The number of hydrogen-bond donors (Lipinski definition) is 2. The lowest BCUT2D eigenvalue weighted by Crippen LogP contribution is -2.38. The maximum atomic E-state index is 9.23. The Bertz CT molecular complexity index is 269. The average Bonchev–Trinajstić information content (AvgIpc) is 2.27. The molecule has 1 rings (SSSR count). The molecule has 3 N–H and O–H groups in total. The predicted molar refractivity (Wildman–Crippen MR) is 63.0 cm³/mol. The van der Waals surface area contributed by atoms with Gasteiger partial charge in [0.15, 0.2) is 0 Å². The summed E-state index contributed by atoms with van der Waals surface area (Å²) in [6.07, 6.45) is 0. The minimum Gasteiger partial charge on any atom is -0.395 e. The molecule has 84 valence electrons. The summed E-state index contributed by atoms with van der Waals surface area (Å²) in [5.41, 5.74) is 5.88. The number of thioether (sulfide) groups is 1. The zero-order valence-electron chi connectivity index (χ0n) is 8.80. The fraction of sp³-hybridized carbons (Fsp3) is 0.455. The Hall–Kier alpha value is -0.550. The van der Waals surface area contributed by atoms with E-state index >= 15 is 0 Å². The first-order valence-electron chi connectivity index (χ1n) is 4.85. The molecule has 0 saturated heterocycles. The topological polar surface area (TPSA) is 55.5 Å². The molecule has 2 unspecified atom stereocenters. The molecule has 0 fully saturated rings. The van der Waals surface area contributed by atoms with E-state index in [4.69, 9.17) is 10.5 Å². The third-order valence-electron chi connectivity index (χ3n) is 2.05. The van der Waals surface area contributed by atoms with Crippen LogP contribution in [0.3, 0.4) is 0 Å². The number of rotatable bonds is 6. The third-order valence-corrected chi connectivity index (χ3v) is 3.39. The Kier molecular flexibility index (Phi) is 5.71. The highest BCUT2D eigenvalue weighted by atomic mass is 32.2. The molecule has 15 heavy (non-hydrogen) atoms. The molecule has 0 aliphatic rings. The molecule has 0 radical (unpaired) electrons. The number of aliphatic hydroxyl groups excluding tert-OH is 1. The molecule has 1 aromatic rings. The van der Waals surface area contributed by atoms with E-state index in [-0.39, 0.29) is 17.9 Å². The van der Waals surface area contributed by atoms with E-state index in [1.165, 1.54) is 0 Å². The van der Waals surface area contributed by atoms with Gasteiger partial charge in [0.1, 0.15) is 0 Å². The predicted octanol–water partition coefficient (Wildman–Crippen LogP) is 1.11. The molecule has 0 aliphatic heterocycles. The highest BCUT2D eigenvalue weighted by Crippen LogP contribution is 2.24. The van der Waals surface area contributed by atoms with Crippen molar-refractivity contribution in [2.45, 2.75) is 16.2 Å². The van der Waals surface area contributed by atoms with Crippen molar-refractivity contribution < 1.29 is 9.84 Å². The summed E-state index contributed by atoms with van der Waals surface area (Å²) < 4.78 is 4.97. The van der Waals surface area contributed by atoms with Gasteiger partial charge in [0.05, 0.1) is 13.2 Å². The zero-order valence-corrected chi connectivity index (χ0v) is 9.61. The molecule has 0 saturated carbocycles. The normalized spacial score (nSPS) is 14.9. The van der Waals surface area contributed by atoms with Crippen LogP contribution >= 0.6 is 11.8 Å². The number of hydrogen-bond acceptors (Lipinski definition) is 4. The first-order chi connectivity index (χ1) is 7.27. The molecule has 2 atom stereocenters. The van der Waals surface area contributed by atoms with Gasteiger partial charge in [-0.05, 0) is 12.1 Å². The van der Waals surface area contributed by atoms with Gasteiger partial charge in [0.25, 0.3) is 0 Å². The second-order valence-corrected chi connectivity index (χ2v) is 4.58. The number of aliphatic hydroxyl groups is 1. The van der Waals surface area contributed by atoms with Gasteiger partial charge in [-0.25, -0.2) is 0 Å². The van der Waals surface area contributed by atoms with Gasteiger partial charge in [-0.15, -0.1) is 11.8 Å². The Morgan fingerprint density at radius 2 is 2.07 bits per heavy atom. The van der Waals surface area contributed by atoms with E-state index < -0.39 is 0 Å². The molecule has 0 amide bonds. The summed E-state index contributed by atoms with van der Waals surface area (Å²) in [7, 11) is 1.61. The Morgan fingerprint density at radius 3 is 2.60 bits per heavy atom. The Balaban J connectivity index is 2.53. The van der Waals surface area contributed by atoms with Crippen molar-refractivity contribution in [3.05, 3.63) is 30.3 Å². The van der Waals surface area contributed by atoms with Crippen LogP contribution in [0.2, 0.25) is 0 Å². The van der Waals surface area contributed by atoms with Crippen molar-refractivity contribution in [1.82, 2.24) is 0 Å². The van der Waals surface area contributed by atoms with Crippen LogP contribution in [0.1, 0.15) is 0 Å². The summed E-state index contributed by atoms with van der Waals surface area (Å²) in [4.78, 5) is 1.11. The SMILES string of the molecule is COCC(N)C(CO)Sc1ccccc1. The smallest absolute Gasteiger partial charge is 0.0625 e. The molecule has 0 aromatic heterocycles. The van der Waals surface area contributed by atoms with Crippen LogP contribution in [0, 0.1) is 0 Å². The highest BCUT2D eigenvalue weighted by molar-refractivity contribution is 8.00. The molecule has 0 bridgehead atoms. The fourth-order valence-corrected chi connectivity index (χ4v) is 2.23. The maximum absolute atomic E-state index is 9.23. The molecule has 0 spiro atoms. The molecule has 4 heteroatoms. The van der Waals surface area contributed by atoms with Crippen molar-refractivity contribution in [3.8, 4) is 0 Å². The Labute approximate surface area is 94.6 Å². The van der Waals surface area contributed by atoms with Crippen LogP contribution in [0.5, 0.6) is 0 Å². The van der Waals surface area contributed by atoms with Crippen LogP contribution in [-0.2, 0) is 4.74 Å². The van der Waals surface area contributed by atoms with Gasteiger partial charge in [0.2, 0.25) is 0 Å². The van der Waals surface area contributed by atoms with Crippen LogP contribution in [-0.4, -0.2) is 36.7 Å². The summed E-state index contributed by atoms with van der Waals surface area (Å²) in [5, 5.41) is 9.21. The monoisotopic (exact) mass is 227 g/mol. The largest absolute Gasteiger partial charge is 0.395 e. The van der Waals surface area contributed by atoms with E-state index in [0.29, 0.717) is 6.61 Å². The second kappa shape index (κ2) is 6.85. The summed E-state index contributed by atoms with van der Waals surface area (Å²) >= 11 is 1.58. The number of ether oxygens (including phenoxy) is 1. The van der Waals surface area contributed by atoms with Crippen molar-refractivity contribution in [1.29, 1.82) is 0 Å². The molecular formula is C11H17NO2S. The van der Waals surface area contributed by atoms with E-state index in [1.54, 1.807) is 18.9 Å². The van der Waals surface area contributed by atoms with Gasteiger partial charge in [-0.1, -0.05) is 18.2 Å². The molecule has 3 nitrogen and oxygen atoms in total. The minimum absolute atomic E-state index is 0.0210. The first kappa shape index (κ1) is 12.5. The van der Waals surface area contributed by atoms with Gasteiger partial charge in [-0.3, -0.25) is 0 Å². The van der Waals surface area contributed by atoms with Crippen molar-refractivity contribution >= 4 is 11.8 Å². The minimum atomic E-state index is -0.148. The molecule has 1 aromatic carbocycles.